The number of amides is 1. The summed E-state index contributed by atoms with van der Waals surface area (Å²) in [5.74, 6) is 0.206. The first kappa shape index (κ1) is 18.0. The van der Waals surface area contributed by atoms with E-state index in [0.717, 1.165) is 5.56 Å². The summed E-state index contributed by atoms with van der Waals surface area (Å²) >= 11 is 0. The van der Waals surface area contributed by atoms with Crippen LogP contribution in [0.4, 0.5) is 5.82 Å². The fourth-order valence-corrected chi connectivity index (χ4v) is 3.08. The number of rotatable bonds is 6. The highest BCUT2D eigenvalue weighted by Crippen LogP contribution is 2.35. The van der Waals surface area contributed by atoms with Gasteiger partial charge in [-0.1, -0.05) is 30.3 Å². The molecule has 1 fully saturated rings. The Balaban J connectivity index is 1.88. The van der Waals surface area contributed by atoms with Crippen LogP contribution in [0.15, 0.2) is 36.5 Å². The number of benzene rings is 1. The van der Waals surface area contributed by atoms with Gasteiger partial charge in [0.1, 0.15) is 12.2 Å². The summed E-state index contributed by atoms with van der Waals surface area (Å²) in [6.07, 6.45) is 0.954. The highest BCUT2D eigenvalue weighted by molar-refractivity contribution is 5.80. The average molecular weight is 359 g/mol. The Labute approximate surface area is 150 Å². The topological polar surface area (TPSA) is 103 Å². The summed E-state index contributed by atoms with van der Waals surface area (Å²) in [7, 11) is 1.60. The summed E-state index contributed by atoms with van der Waals surface area (Å²) in [6.45, 7) is 2.80. The van der Waals surface area contributed by atoms with Gasteiger partial charge in [0.05, 0.1) is 13.6 Å². The number of imidazole rings is 1. The van der Waals surface area contributed by atoms with E-state index in [2.05, 4.69) is 10.3 Å². The lowest BCUT2D eigenvalue weighted by molar-refractivity contribution is -0.391. The highest BCUT2D eigenvalue weighted by atomic mass is 16.7. The van der Waals surface area contributed by atoms with E-state index in [1.165, 1.54) is 10.8 Å². The molecule has 0 spiro atoms. The summed E-state index contributed by atoms with van der Waals surface area (Å²) in [5, 5.41) is 15.6. The van der Waals surface area contributed by atoms with Crippen LogP contribution in [0.5, 0.6) is 0 Å². The highest BCUT2D eigenvalue weighted by Gasteiger charge is 2.42. The third kappa shape index (κ3) is 3.58. The first-order valence-corrected chi connectivity index (χ1v) is 8.42. The SMILES string of the molecule is CCNC(=O)C1CC(c2ncc([N+](=O)[O-])n2C)N(Cc2ccccc2)O1. The standard InChI is InChI=1S/C17H21N5O4/c1-3-18-17(23)14-9-13(16-19-10-15(20(16)2)22(24)25)21(26-14)11-12-7-5-4-6-8-12/h4-8,10,13-14H,3,9,11H2,1-2H3,(H,18,23). The Morgan fingerprint density at radius 2 is 2.15 bits per heavy atom. The first-order chi connectivity index (χ1) is 12.5. The number of nitrogens with one attached hydrogen (secondary N) is 1. The van der Waals surface area contributed by atoms with Crippen LogP contribution < -0.4 is 5.32 Å². The van der Waals surface area contributed by atoms with Gasteiger partial charge in [-0.2, -0.15) is 5.06 Å². The van der Waals surface area contributed by atoms with Gasteiger partial charge in [0.15, 0.2) is 6.10 Å². The minimum atomic E-state index is -0.653. The van der Waals surface area contributed by atoms with E-state index in [-0.39, 0.29) is 17.8 Å². The fraction of sp³-hybridized carbons (Fsp3) is 0.412. The van der Waals surface area contributed by atoms with Crippen LogP contribution in [0.1, 0.15) is 30.8 Å². The largest absolute Gasteiger partial charge is 0.358 e. The Kier molecular flexibility index (Phi) is 5.29. The summed E-state index contributed by atoms with van der Waals surface area (Å²) < 4.78 is 1.44. The van der Waals surface area contributed by atoms with Crippen molar-refractivity contribution in [3.05, 3.63) is 58.0 Å². The number of hydroxylamine groups is 2. The van der Waals surface area contributed by atoms with E-state index in [0.29, 0.717) is 25.3 Å². The van der Waals surface area contributed by atoms with Gasteiger partial charge >= 0.3 is 5.82 Å². The fourth-order valence-electron chi connectivity index (χ4n) is 3.08. The van der Waals surface area contributed by atoms with E-state index in [1.807, 2.05) is 37.3 Å². The van der Waals surface area contributed by atoms with Gasteiger partial charge in [0, 0.05) is 13.0 Å². The molecule has 3 rings (SSSR count). The van der Waals surface area contributed by atoms with Gasteiger partial charge in [0.25, 0.3) is 5.91 Å². The first-order valence-electron chi connectivity index (χ1n) is 8.42. The maximum Gasteiger partial charge on any atom is 0.342 e. The molecule has 2 unspecified atom stereocenters. The molecule has 1 aromatic carbocycles. The van der Waals surface area contributed by atoms with Crippen molar-refractivity contribution in [2.75, 3.05) is 6.54 Å². The molecule has 2 aromatic rings. The maximum atomic E-state index is 12.2. The van der Waals surface area contributed by atoms with E-state index >= 15 is 0 Å². The average Bonchev–Trinajstić information content (AvgIpc) is 3.19. The summed E-state index contributed by atoms with van der Waals surface area (Å²) in [6, 6.07) is 9.33. The molecular formula is C17H21N5O4. The monoisotopic (exact) mass is 359 g/mol. The Morgan fingerprint density at radius 1 is 1.42 bits per heavy atom. The molecule has 1 N–H and O–H groups in total. The molecule has 1 aromatic heterocycles. The molecule has 0 bridgehead atoms. The van der Waals surface area contributed by atoms with Gasteiger partial charge < -0.3 is 15.4 Å². The molecule has 1 amide bonds. The number of aromatic nitrogens is 2. The smallest absolute Gasteiger partial charge is 0.342 e. The molecule has 1 aliphatic rings. The summed E-state index contributed by atoms with van der Waals surface area (Å²) in [5.41, 5.74) is 1.01. The Hall–Kier alpha value is -2.78. The lowest BCUT2D eigenvalue weighted by Gasteiger charge is -2.20. The van der Waals surface area contributed by atoms with Crippen LogP contribution in [-0.4, -0.2) is 38.1 Å². The molecule has 9 nitrogen and oxygen atoms in total. The van der Waals surface area contributed by atoms with Crippen molar-refractivity contribution in [3.63, 3.8) is 0 Å². The predicted octanol–water partition coefficient (Wildman–Crippen LogP) is 1.71. The quantitative estimate of drug-likeness (QED) is 0.622. The number of hydrogen-bond acceptors (Lipinski definition) is 6. The van der Waals surface area contributed by atoms with Gasteiger partial charge in [-0.3, -0.25) is 9.63 Å². The third-order valence-electron chi connectivity index (χ3n) is 4.36. The number of likely N-dealkylation sites (N-methyl/N-ethyl adjacent to an activating group) is 1. The van der Waals surface area contributed by atoms with E-state index in [1.54, 1.807) is 12.1 Å². The molecule has 0 radical (unpaired) electrons. The van der Waals surface area contributed by atoms with Crippen molar-refractivity contribution in [3.8, 4) is 0 Å². The molecule has 0 aliphatic carbocycles. The van der Waals surface area contributed by atoms with Gasteiger partial charge in [-0.05, 0) is 17.4 Å². The number of nitrogens with zero attached hydrogens (tertiary/aromatic N) is 4. The zero-order chi connectivity index (χ0) is 18.7. The number of hydrogen-bond donors (Lipinski definition) is 1. The van der Waals surface area contributed by atoms with Gasteiger partial charge in [-0.15, -0.1) is 0 Å². The second-order valence-corrected chi connectivity index (χ2v) is 6.09. The van der Waals surface area contributed by atoms with Crippen molar-refractivity contribution in [2.45, 2.75) is 32.0 Å². The summed E-state index contributed by atoms with van der Waals surface area (Å²) in [4.78, 5) is 32.9. The zero-order valence-corrected chi connectivity index (χ0v) is 14.7. The second kappa shape index (κ2) is 7.63. The Morgan fingerprint density at radius 3 is 2.77 bits per heavy atom. The van der Waals surface area contributed by atoms with E-state index in [4.69, 9.17) is 4.84 Å². The van der Waals surface area contributed by atoms with Crippen LogP contribution in [-0.2, 0) is 23.2 Å². The molecular weight excluding hydrogens is 338 g/mol. The van der Waals surface area contributed by atoms with Crippen LogP contribution in [0.25, 0.3) is 0 Å². The molecule has 138 valence electrons. The second-order valence-electron chi connectivity index (χ2n) is 6.09. The van der Waals surface area contributed by atoms with E-state index in [9.17, 15) is 14.9 Å². The van der Waals surface area contributed by atoms with Crippen molar-refractivity contribution in [2.24, 2.45) is 7.05 Å². The van der Waals surface area contributed by atoms with Crippen molar-refractivity contribution in [1.29, 1.82) is 0 Å². The lowest BCUT2D eigenvalue weighted by atomic mass is 10.1. The van der Waals surface area contributed by atoms with Gasteiger partial charge in [0.2, 0.25) is 5.82 Å². The normalized spacial score (nSPS) is 20.2. The number of nitro groups is 1. The van der Waals surface area contributed by atoms with Crippen LogP contribution >= 0.6 is 0 Å². The lowest BCUT2D eigenvalue weighted by Crippen LogP contribution is -2.35. The molecule has 1 aliphatic heterocycles. The number of carbonyl (C=O) groups excluding carboxylic acids is 1. The predicted molar refractivity (Wildman–Crippen MR) is 92.8 cm³/mol. The maximum absolute atomic E-state index is 12.2. The third-order valence-corrected chi connectivity index (χ3v) is 4.36. The molecule has 0 saturated carbocycles. The van der Waals surface area contributed by atoms with Gasteiger partial charge in [-0.25, -0.2) is 9.55 Å². The zero-order valence-electron chi connectivity index (χ0n) is 14.7. The Bertz CT molecular complexity index is 792. The van der Waals surface area contributed by atoms with Crippen molar-refractivity contribution >= 4 is 11.7 Å². The van der Waals surface area contributed by atoms with E-state index < -0.39 is 11.0 Å². The number of carbonyl (C=O) groups is 1. The minimum absolute atomic E-state index is 0.0962. The van der Waals surface area contributed by atoms with Crippen LogP contribution in [0, 0.1) is 10.1 Å². The van der Waals surface area contributed by atoms with Crippen molar-refractivity contribution < 1.29 is 14.6 Å². The van der Waals surface area contributed by atoms with Crippen LogP contribution in [0.2, 0.25) is 0 Å². The molecule has 9 heteroatoms. The molecule has 26 heavy (non-hydrogen) atoms. The van der Waals surface area contributed by atoms with Crippen LogP contribution in [0.3, 0.4) is 0 Å². The molecule has 1 saturated heterocycles. The molecule has 2 heterocycles. The minimum Gasteiger partial charge on any atom is -0.358 e. The molecule has 2 atom stereocenters. The van der Waals surface area contributed by atoms with Crippen molar-refractivity contribution in [1.82, 2.24) is 19.9 Å².